The third-order valence-corrected chi connectivity index (χ3v) is 4.50. The summed E-state index contributed by atoms with van der Waals surface area (Å²) < 4.78 is 5.11. The molecule has 1 heterocycles. The first-order valence-electron chi connectivity index (χ1n) is 7.93. The number of amides is 2. The minimum Gasteiger partial charge on any atom is -0.479 e. The zero-order valence-electron chi connectivity index (χ0n) is 12.7. The van der Waals surface area contributed by atoms with E-state index in [0.29, 0.717) is 19.0 Å². The van der Waals surface area contributed by atoms with Crippen LogP contribution in [-0.4, -0.2) is 54.4 Å². The van der Waals surface area contributed by atoms with Gasteiger partial charge in [-0.3, -0.25) is 0 Å². The van der Waals surface area contributed by atoms with Gasteiger partial charge in [0.25, 0.3) is 0 Å². The molecule has 2 aliphatic rings. The Labute approximate surface area is 125 Å². The number of ether oxygens (including phenoxy) is 1. The maximum Gasteiger partial charge on any atom is 0.334 e. The number of urea groups is 1. The van der Waals surface area contributed by atoms with Gasteiger partial charge in [-0.1, -0.05) is 26.2 Å². The van der Waals surface area contributed by atoms with Crippen LogP contribution in [0.1, 0.15) is 39.0 Å². The van der Waals surface area contributed by atoms with E-state index in [1.54, 1.807) is 0 Å². The molecule has 1 aliphatic carbocycles. The van der Waals surface area contributed by atoms with Gasteiger partial charge in [-0.15, -0.1) is 0 Å². The van der Waals surface area contributed by atoms with Crippen LogP contribution in [0.3, 0.4) is 0 Å². The van der Waals surface area contributed by atoms with Crippen LogP contribution in [0.15, 0.2) is 0 Å². The number of hydrogen-bond donors (Lipinski definition) is 2. The van der Waals surface area contributed by atoms with Gasteiger partial charge in [-0.05, 0) is 24.7 Å². The number of aliphatic carboxylic acids is 1. The fourth-order valence-corrected chi connectivity index (χ4v) is 3.30. The van der Waals surface area contributed by atoms with Gasteiger partial charge >= 0.3 is 12.0 Å². The van der Waals surface area contributed by atoms with E-state index in [4.69, 9.17) is 9.84 Å². The lowest BCUT2D eigenvalue weighted by Gasteiger charge is -2.31. The van der Waals surface area contributed by atoms with E-state index in [1.165, 1.54) is 30.6 Å². The van der Waals surface area contributed by atoms with Crippen molar-refractivity contribution in [2.45, 2.75) is 45.1 Å². The third kappa shape index (κ3) is 4.88. The lowest BCUT2D eigenvalue weighted by Crippen LogP contribution is -2.52. The van der Waals surface area contributed by atoms with Crippen LogP contribution >= 0.6 is 0 Å². The van der Waals surface area contributed by atoms with Crippen LogP contribution in [0.4, 0.5) is 4.79 Å². The molecule has 6 nitrogen and oxygen atoms in total. The Kier molecular flexibility index (Phi) is 5.85. The first kappa shape index (κ1) is 16.1. The Bertz CT molecular complexity index is 375. The Morgan fingerprint density at radius 1 is 1.38 bits per heavy atom. The second kappa shape index (κ2) is 7.64. The minimum atomic E-state index is -1.01. The maximum atomic E-state index is 12.0. The summed E-state index contributed by atoms with van der Waals surface area (Å²) >= 11 is 0. The molecular formula is C15H26N2O4. The summed E-state index contributed by atoms with van der Waals surface area (Å²) in [5, 5.41) is 11.8. The molecule has 2 N–H and O–H groups in total. The number of morpholine rings is 1. The van der Waals surface area contributed by atoms with Crippen LogP contribution in [0, 0.1) is 11.8 Å². The normalized spacial score (nSPS) is 30.0. The molecule has 1 saturated carbocycles. The molecule has 3 unspecified atom stereocenters. The highest BCUT2D eigenvalue weighted by molar-refractivity contribution is 5.77. The number of carbonyl (C=O) groups excluding carboxylic acids is 1. The topological polar surface area (TPSA) is 78.9 Å². The van der Waals surface area contributed by atoms with E-state index in [2.05, 4.69) is 12.2 Å². The summed E-state index contributed by atoms with van der Waals surface area (Å²) in [4.78, 5) is 24.5. The average Bonchev–Trinajstić information content (AvgIpc) is 2.47. The largest absolute Gasteiger partial charge is 0.479 e. The Morgan fingerprint density at radius 3 is 2.90 bits per heavy atom. The van der Waals surface area contributed by atoms with Crippen molar-refractivity contribution in [1.82, 2.24) is 10.2 Å². The smallest absolute Gasteiger partial charge is 0.334 e. The zero-order valence-corrected chi connectivity index (χ0v) is 12.7. The summed E-state index contributed by atoms with van der Waals surface area (Å²) in [6, 6.07) is -0.173. The molecule has 1 aliphatic heterocycles. The van der Waals surface area contributed by atoms with Gasteiger partial charge in [0.1, 0.15) is 0 Å². The van der Waals surface area contributed by atoms with Gasteiger partial charge in [0.15, 0.2) is 6.10 Å². The molecule has 6 heteroatoms. The fraction of sp³-hybridized carbons (Fsp3) is 0.867. The third-order valence-electron chi connectivity index (χ3n) is 4.50. The molecule has 0 aromatic carbocycles. The monoisotopic (exact) mass is 298 g/mol. The molecule has 0 aromatic heterocycles. The zero-order chi connectivity index (χ0) is 15.2. The van der Waals surface area contributed by atoms with E-state index in [9.17, 15) is 9.59 Å². The van der Waals surface area contributed by atoms with E-state index in [-0.39, 0.29) is 19.2 Å². The van der Waals surface area contributed by atoms with Gasteiger partial charge < -0.3 is 20.1 Å². The predicted molar refractivity (Wildman–Crippen MR) is 78.1 cm³/mol. The van der Waals surface area contributed by atoms with E-state index >= 15 is 0 Å². The van der Waals surface area contributed by atoms with Crippen molar-refractivity contribution in [1.29, 1.82) is 0 Å². The second-order valence-corrected chi connectivity index (χ2v) is 6.30. The lowest BCUT2D eigenvalue weighted by atomic mass is 9.81. The van der Waals surface area contributed by atoms with Gasteiger partial charge in [0.2, 0.25) is 0 Å². The maximum absolute atomic E-state index is 12.0. The van der Waals surface area contributed by atoms with Gasteiger partial charge in [0.05, 0.1) is 13.2 Å². The highest BCUT2D eigenvalue weighted by Gasteiger charge is 2.29. The Hall–Kier alpha value is -1.30. The molecule has 0 bridgehead atoms. The highest BCUT2D eigenvalue weighted by atomic mass is 16.5. The van der Waals surface area contributed by atoms with Crippen LogP contribution in [0.25, 0.3) is 0 Å². The lowest BCUT2D eigenvalue weighted by molar-refractivity contribution is -0.154. The van der Waals surface area contributed by atoms with Crippen molar-refractivity contribution >= 4 is 12.0 Å². The standard InChI is InChI=1S/C15H26N2O4/c1-11-3-2-4-12(9-11)5-6-16-15(20)17-7-8-21-13(10-17)14(18)19/h11-13H,2-10H2,1H3,(H,16,20)(H,18,19). The van der Waals surface area contributed by atoms with Crippen molar-refractivity contribution < 1.29 is 19.4 Å². The molecule has 2 rings (SSSR count). The van der Waals surface area contributed by atoms with Crippen molar-refractivity contribution in [3.63, 3.8) is 0 Å². The van der Waals surface area contributed by atoms with Crippen LogP contribution < -0.4 is 5.32 Å². The van der Waals surface area contributed by atoms with Gasteiger partial charge in [-0.2, -0.15) is 0 Å². The summed E-state index contributed by atoms with van der Waals surface area (Å²) in [5.41, 5.74) is 0. The Balaban J connectivity index is 1.68. The second-order valence-electron chi connectivity index (χ2n) is 6.30. The van der Waals surface area contributed by atoms with E-state index in [1.807, 2.05) is 0 Å². The number of hydrogen-bond acceptors (Lipinski definition) is 3. The number of nitrogens with one attached hydrogen (secondary N) is 1. The quantitative estimate of drug-likeness (QED) is 0.828. The number of nitrogens with zero attached hydrogens (tertiary/aromatic N) is 1. The van der Waals surface area contributed by atoms with Crippen molar-refractivity contribution in [2.75, 3.05) is 26.2 Å². The molecule has 0 aromatic rings. The molecule has 21 heavy (non-hydrogen) atoms. The van der Waals surface area contributed by atoms with Gasteiger partial charge in [0, 0.05) is 13.1 Å². The summed E-state index contributed by atoms with van der Waals surface area (Å²) in [7, 11) is 0. The first-order valence-corrected chi connectivity index (χ1v) is 7.93. The number of carboxylic acids is 1. The molecule has 120 valence electrons. The summed E-state index contributed by atoms with van der Waals surface area (Å²) in [6.07, 6.45) is 5.26. The van der Waals surface area contributed by atoms with Crippen molar-refractivity contribution in [3.8, 4) is 0 Å². The van der Waals surface area contributed by atoms with Gasteiger partial charge in [-0.25, -0.2) is 9.59 Å². The molecule has 3 atom stereocenters. The average molecular weight is 298 g/mol. The van der Waals surface area contributed by atoms with Crippen molar-refractivity contribution in [2.24, 2.45) is 11.8 Å². The molecule has 0 spiro atoms. The van der Waals surface area contributed by atoms with Crippen LogP contribution in [0.5, 0.6) is 0 Å². The highest BCUT2D eigenvalue weighted by Crippen LogP contribution is 2.30. The SMILES string of the molecule is CC1CCCC(CCNC(=O)N2CCOC(C(=O)O)C2)C1. The number of carboxylic acid groups (broad SMARTS) is 1. The molecule has 2 fully saturated rings. The predicted octanol–water partition coefficient (Wildman–Crippen LogP) is 1.70. The molecular weight excluding hydrogens is 272 g/mol. The van der Waals surface area contributed by atoms with Crippen molar-refractivity contribution in [3.05, 3.63) is 0 Å². The number of carbonyl (C=O) groups is 2. The molecule has 1 saturated heterocycles. The Morgan fingerprint density at radius 2 is 2.19 bits per heavy atom. The molecule has 2 amide bonds. The summed E-state index contributed by atoms with van der Waals surface area (Å²) in [6.45, 7) is 3.83. The minimum absolute atomic E-state index is 0.127. The van der Waals surface area contributed by atoms with E-state index < -0.39 is 12.1 Å². The molecule has 0 radical (unpaired) electrons. The van der Waals surface area contributed by atoms with Crippen LogP contribution in [0.2, 0.25) is 0 Å². The van der Waals surface area contributed by atoms with E-state index in [0.717, 1.165) is 12.3 Å². The number of rotatable bonds is 4. The first-order chi connectivity index (χ1) is 10.1. The van der Waals surface area contributed by atoms with Crippen LogP contribution in [-0.2, 0) is 9.53 Å². The summed E-state index contributed by atoms with van der Waals surface area (Å²) in [5.74, 6) is 0.504. The fourth-order valence-electron chi connectivity index (χ4n) is 3.30.